The maximum absolute atomic E-state index is 12.4. The van der Waals surface area contributed by atoms with Crippen molar-refractivity contribution in [2.45, 2.75) is 31.2 Å². The molecule has 134 valence electrons. The van der Waals surface area contributed by atoms with Crippen LogP contribution < -0.4 is 5.32 Å². The average Bonchev–Trinajstić information content (AvgIpc) is 3.04. The zero-order valence-electron chi connectivity index (χ0n) is 15.1. The third-order valence-electron chi connectivity index (χ3n) is 4.28. The number of hydrogen-bond donors (Lipinski definition) is 1. The Morgan fingerprint density at radius 3 is 2.65 bits per heavy atom. The van der Waals surface area contributed by atoms with Gasteiger partial charge in [0.1, 0.15) is 0 Å². The second-order valence-corrected chi connectivity index (χ2v) is 6.98. The van der Waals surface area contributed by atoms with Gasteiger partial charge in [0.15, 0.2) is 5.82 Å². The summed E-state index contributed by atoms with van der Waals surface area (Å²) < 4.78 is 1.79. The van der Waals surface area contributed by atoms with Gasteiger partial charge in [-0.05, 0) is 49.9 Å². The molecule has 0 bridgehead atoms. The standard InChI is InChI=1S/C20H22N4OS/c1-14(23-20(25)12-16-7-9-17(26-3)10-8-16)18-13-22-24(15(18)2)19-6-4-5-11-21-19/h4-11,13-14H,12H2,1-3H3,(H,23,25)/t14-/m1/s1. The number of pyridine rings is 1. The predicted molar refractivity (Wildman–Crippen MR) is 105 cm³/mol. The Bertz CT molecular complexity index is 875. The van der Waals surface area contributed by atoms with Crippen molar-refractivity contribution >= 4 is 17.7 Å². The van der Waals surface area contributed by atoms with Crippen molar-refractivity contribution in [3.63, 3.8) is 0 Å². The van der Waals surface area contributed by atoms with Gasteiger partial charge in [0, 0.05) is 22.3 Å². The van der Waals surface area contributed by atoms with E-state index >= 15 is 0 Å². The van der Waals surface area contributed by atoms with Crippen molar-refractivity contribution in [3.05, 3.63) is 71.7 Å². The van der Waals surface area contributed by atoms with Crippen LogP contribution in [0.15, 0.2) is 59.8 Å². The number of amides is 1. The molecule has 2 aromatic heterocycles. The summed E-state index contributed by atoms with van der Waals surface area (Å²) >= 11 is 1.69. The molecule has 3 aromatic rings. The van der Waals surface area contributed by atoms with Gasteiger partial charge in [-0.1, -0.05) is 18.2 Å². The third kappa shape index (κ3) is 4.14. The minimum Gasteiger partial charge on any atom is -0.349 e. The van der Waals surface area contributed by atoms with Crippen LogP contribution in [-0.4, -0.2) is 26.9 Å². The Labute approximate surface area is 157 Å². The monoisotopic (exact) mass is 366 g/mol. The van der Waals surface area contributed by atoms with E-state index < -0.39 is 0 Å². The fraction of sp³-hybridized carbons (Fsp3) is 0.250. The lowest BCUT2D eigenvalue weighted by Crippen LogP contribution is -2.28. The molecular formula is C20H22N4OS. The van der Waals surface area contributed by atoms with E-state index in [0.717, 1.165) is 22.6 Å². The van der Waals surface area contributed by atoms with Crippen LogP contribution in [0, 0.1) is 6.92 Å². The number of hydrogen-bond acceptors (Lipinski definition) is 4. The number of nitrogens with zero attached hydrogens (tertiary/aromatic N) is 3. The Kier molecular flexibility index (Phi) is 5.73. The molecule has 0 spiro atoms. The highest BCUT2D eigenvalue weighted by molar-refractivity contribution is 7.98. The summed E-state index contributed by atoms with van der Waals surface area (Å²) in [4.78, 5) is 17.9. The van der Waals surface area contributed by atoms with Gasteiger partial charge < -0.3 is 5.32 Å². The summed E-state index contributed by atoms with van der Waals surface area (Å²) in [5, 5.41) is 7.48. The van der Waals surface area contributed by atoms with Gasteiger partial charge in [0.25, 0.3) is 0 Å². The Morgan fingerprint density at radius 2 is 2.00 bits per heavy atom. The Morgan fingerprint density at radius 1 is 1.23 bits per heavy atom. The molecule has 1 amide bonds. The lowest BCUT2D eigenvalue weighted by atomic mass is 10.1. The molecule has 3 rings (SSSR count). The summed E-state index contributed by atoms with van der Waals surface area (Å²) in [6, 6.07) is 13.7. The fourth-order valence-electron chi connectivity index (χ4n) is 2.86. The lowest BCUT2D eigenvalue weighted by molar-refractivity contribution is -0.121. The number of carbonyl (C=O) groups is 1. The van der Waals surface area contributed by atoms with Gasteiger partial charge in [0.2, 0.25) is 5.91 Å². The maximum Gasteiger partial charge on any atom is 0.224 e. The summed E-state index contributed by atoms with van der Waals surface area (Å²) in [5.74, 6) is 0.767. The summed E-state index contributed by atoms with van der Waals surface area (Å²) in [6.07, 6.45) is 5.94. The van der Waals surface area contributed by atoms with Gasteiger partial charge in [0.05, 0.1) is 18.7 Å². The maximum atomic E-state index is 12.4. The summed E-state index contributed by atoms with van der Waals surface area (Å²) in [7, 11) is 0. The van der Waals surface area contributed by atoms with E-state index in [-0.39, 0.29) is 11.9 Å². The van der Waals surface area contributed by atoms with Crippen molar-refractivity contribution in [1.29, 1.82) is 0 Å². The highest BCUT2D eigenvalue weighted by atomic mass is 32.2. The first-order valence-electron chi connectivity index (χ1n) is 8.46. The van der Waals surface area contributed by atoms with Crippen LogP contribution in [0.1, 0.15) is 29.8 Å². The van der Waals surface area contributed by atoms with Crippen molar-refractivity contribution in [1.82, 2.24) is 20.1 Å². The Balaban J connectivity index is 1.67. The third-order valence-corrected chi connectivity index (χ3v) is 5.03. The SMILES string of the molecule is CSc1ccc(CC(=O)N[C@H](C)c2cnn(-c3ccccn3)c2C)cc1. The molecule has 6 heteroatoms. The van der Waals surface area contributed by atoms with Gasteiger partial charge in [-0.2, -0.15) is 5.10 Å². The van der Waals surface area contributed by atoms with Crippen LogP contribution in [0.2, 0.25) is 0 Å². The number of benzene rings is 1. The second-order valence-electron chi connectivity index (χ2n) is 6.10. The number of aromatic nitrogens is 3. The van der Waals surface area contributed by atoms with Crippen LogP contribution in [0.25, 0.3) is 5.82 Å². The van der Waals surface area contributed by atoms with E-state index in [9.17, 15) is 4.79 Å². The highest BCUT2D eigenvalue weighted by Gasteiger charge is 2.16. The van der Waals surface area contributed by atoms with E-state index in [0.29, 0.717) is 6.42 Å². The molecule has 0 aliphatic carbocycles. The van der Waals surface area contributed by atoms with Crippen molar-refractivity contribution in [2.75, 3.05) is 6.26 Å². The molecule has 26 heavy (non-hydrogen) atoms. The van der Waals surface area contributed by atoms with Crippen LogP contribution >= 0.6 is 11.8 Å². The number of nitrogens with one attached hydrogen (secondary N) is 1. The molecule has 0 saturated heterocycles. The van der Waals surface area contributed by atoms with E-state index in [2.05, 4.69) is 15.4 Å². The molecule has 0 aliphatic heterocycles. The topological polar surface area (TPSA) is 59.8 Å². The number of rotatable bonds is 6. The normalized spacial score (nSPS) is 12.0. The molecule has 1 atom stereocenters. The van der Waals surface area contributed by atoms with Crippen LogP contribution in [-0.2, 0) is 11.2 Å². The van der Waals surface area contributed by atoms with E-state index in [1.54, 1.807) is 28.8 Å². The lowest BCUT2D eigenvalue weighted by Gasteiger charge is -2.14. The van der Waals surface area contributed by atoms with Gasteiger partial charge in [-0.25, -0.2) is 9.67 Å². The van der Waals surface area contributed by atoms with Crippen molar-refractivity contribution in [2.24, 2.45) is 0 Å². The van der Waals surface area contributed by atoms with Crippen LogP contribution in [0.3, 0.4) is 0 Å². The largest absolute Gasteiger partial charge is 0.349 e. The van der Waals surface area contributed by atoms with Crippen molar-refractivity contribution < 1.29 is 4.79 Å². The number of carbonyl (C=O) groups excluding carboxylic acids is 1. The summed E-state index contributed by atoms with van der Waals surface area (Å²) in [5.41, 5.74) is 2.97. The first kappa shape index (κ1) is 18.2. The predicted octanol–water partition coefficient (Wildman–Crippen LogP) is 3.72. The smallest absolute Gasteiger partial charge is 0.224 e. The molecule has 5 nitrogen and oxygen atoms in total. The minimum atomic E-state index is -0.120. The van der Waals surface area contributed by atoms with E-state index in [1.807, 2.05) is 62.6 Å². The van der Waals surface area contributed by atoms with Crippen LogP contribution in [0.5, 0.6) is 0 Å². The van der Waals surface area contributed by atoms with Gasteiger partial charge in [-0.3, -0.25) is 4.79 Å². The zero-order chi connectivity index (χ0) is 18.5. The minimum absolute atomic E-state index is 0.000567. The molecule has 0 radical (unpaired) electrons. The van der Waals surface area contributed by atoms with E-state index in [4.69, 9.17) is 0 Å². The molecule has 0 saturated carbocycles. The molecule has 0 fully saturated rings. The molecule has 0 unspecified atom stereocenters. The first-order valence-corrected chi connectivity index (χ1v) is 9.69. The first-order chi connectivity index (χ1) is 12.6. The summed E-state index contributed by atoms with van der Waals surface area (Å²) in [6.45, 7) is 3.96. The molecular weight excluding hydrogens is 344 g/mol. The van der Waals surface area contributed by atoms with Crippen molar-refractivity contribution in [3.8, 4) is 5.82 Å². The van der Waals surface area contributed by atoms with E-state index in [1.165, 1.54) is 4.90 Å². The van der Waals surface area contributed by atoms with Gasteiger partial charge in [-0.15, -0.1) is 11.8 Å². The second kappa shape index (κ2) is 8.19. The Hall–Kier alpha value is -2.60. The average molecular weight is 366 g/mol. The zero-order valence-corrected chi connectivity index (χ0v) is 16.0. The molecule has 2 heterocycles. The highest BCUT2D eigenvalue weighted by Crippen LogP contribution is 2.20. The molecule has 0 aliphatic rings. The molecule has 1 N–H and O–H groups in total. The number of thioether (sulfide) groups is 1. The van der Waals surface area contributed by atoms with Gasteiger partial charge >= 0.3 is 0 Å². The quantitative estimate of drug-likeness (QED) is 0.676. The van der Waals surface area contributed by atoms with Crippen LogP contribution in [0.4, 0.5) is 0 Å². The fourth-order valence-corrected chi connectivity index (χ4v) is 3.26. The molecule has 1 aromatic carbocycles.